The molecule has 2 aromatic carbocycles. The van der Waals surface area contributed by atoms with Crippen LogP contribution in [0, 0.1) is 5.92 Å². The van der Waals surface area contributed by atoms with Gasteiger partial charge in [0.05, 0.1) is 5.56 Å². The summed E-state index contributed by atoms with van der Waals surface area (Å²) in [7, 11) is 0. The zero-order valence-corrected chi connectivity index (χ0v) is 23.2. The number of carbonyl (C=O) groups excluding carboxylic acids is 1. The van der Waals surface area contributed by atoms with Gasteiger partial charge in [-0.15, -0.1) is 0 Å². The minimum Gasteiger partial charge on any atom is -0.550 e. The van der Waals surface area contributed by atoms with E-state index in [-0.39, 0.29) is 41.9 Å². The van der Waals surface area contributed by atoms with Gasteiger partial charge in [-0.2, -0.15) is 26.3 Å². The van der Waals surface area contributed by atoms with Crippen LogP contribution in [0.15, 0.2) is 72.9 Å². The van der Waals surface area contributed by atoms with Crippen LogP contribution >= 0.6 is 0 Å². The zero-order valence-electron chi connectivity index (χ0n) is 21.2. The third-order valence-corrected chi connectivity index (χ3v) is 6.96. The Hall–Kier alpha value is -2.40. The van der Waals surface area contributed by atoms with E-state index in [9.17, 15) is 36.2 Å². The van der Waals surface area contributed by atoms with Crippen molar-refractivity contribution in [2.45, 2.75) is 50.1 Å². The maximum atomic E-state index is 13.2. The van der Waals surface area contributed by atoms with E-state index in [1.165, 1.54) is 24.4 Å². The van der Waals surface area contributed by atoms with Crippen LogP contribution in [0.25, 0.3) is 0 Å². The van der Waals surface area contributed by atoms with Crippen molar-refractivity contribution in [3.8, 4) is 0 Å². The molecule has 1 fully saturated rings. The molecule has 1 aromatic heterocycles. The van der Waals surface area contributed by atoms with Gasteiger partial charge < -0.3 is 9.90 Å². The number of hydrogen-bond acceptors (Lipinski definition) is 4. The van der Waals surface area contributed by atoms with Crippen molar-refractivity contribution >= 4 is 5.97 Å². The Labute approximate surface area is 244 Å². The number of likely N-dealkylation sites (tertiary alicyclic amines) is 1. The van der Waals surface area contributed by atoms with Gasteiger partial charge in [0.25, 0.3) is 0 Å². The molecule has 4 nitrogen and oxygen atoms in total. The first-order valence-electron chi connectivity index (χ1n) is 12.1. The SMILES string of the molecule is O=C([O-])C[C@@H]1CCN([C@H](Cc2ccccc2)c2ccc(C(F)(F)F)nc2)[C@H](c2ccc(C(F)(F)F)cc2)C1.[Na+]. The average molecular weight is 558 g/mol. The molecule has 0 spiro atoms. The zero-order chi connectivity index (χ0) is 27.5. The summed E-state index contributed by atoms with van der Waals surface area (Å²) in [5.74, 6) is -1.46. The van der Waals surface area contributed by atoms with E-state index in [0.29, 0.717) is 36.9 Å². The van der Waals surface area contributed by atoms with Crippen molar-refractivity contribution in [3.05, 3.63) is 101 Å². The molecule has 1 aliphatic heterocycles. The molecule has 0 radical (unpaired) electrons. The third kappa shape index (κ3) is 8.06. The Bertz CT molecular complexity index is 1220. The number of carboxylic acid groups (broad SMARTS) is 1. The number of alkyl halides is 6. The van der Waals surface area contributed by atoms with Gasteiger partial charge in [-0.05, 0) is 73.0 Å². The van der Waals surface area contributed by atoms with E-state index in [4.69, 9.17) is 0 Å². The van der Waals surface area contributed by atoms with Crippen molar-refractivity contribution in [3.63, 3.8) is 0 Å². The van der Waals surface area contributed by atoms with Gasteiger partial charge in [0, 0.05) is 24.2 Å². The molecule has 11 heteroatoms. The average Bonchev–Trinajstić information content (AvgIpc) is 2.87. The fraction of sp³-hybridized carbons (Fsp3) is 0.357. The number of nitrogens with zero attached hydrogens (tertiary/aromatic N) is 2. The maximum Gasteiger partial charge on any atom is 1.00 e. The van der Waals surface area contributed by atoms with Gasteiger partial charge in [0.2, 0.25) is 0 Å². The molecule has 0 bridgehead atoms. The van der Waals surface area contributed by atoms with Crippen LogP contribution in [0.2, 0.25) is 0 Å². The predicted molar refractivity (Wildman–Crippen MR) is 125 cm³/mol. The Morgan fingerprint density at radius 2 is 1.62 bits per heavy atom. The Kier molecular flexibility index (Phi) is 10.3. The minimum atomic E-state index is -4.60. The molecule has 0 N–H and O–H groups in total. The topological polar surface area (TPSA) is 56.3 Å². The molecule has 4 rings (SSSR count). The molecular formula is C28H25F6N2NaO2. The molecule has 1 aliphatic rings. The number of aliphatic carboxylic acids is 1. The van der Waals surface area contributed by atoms with E-state index in [1.807, 2.05) is 35.2 Å². The van der Waals surface area contributed by atoms with Crippen LogP contribution < -0.4 is 34.7 Å². The Morgan fingerprint density at radius 3 is 2.15 bits per heavy atom. The second-order valence-electron chi connectivity index (χ2n) is 9.52. The Balaban J connectivity index is 0.00000420. The number of halogens is 6. The van der Waals surface area contributed by atoms with Crippen LogP contribution in [0.3, 0.4) is 0 Å². The summed E-state index contributed by atoms with van der Waals surface area (Å²) in [5, 5.41) is 11.3. The van der Waals surface area contributed by atoms with Gasteiger partial charge in [0.15, 0.2) is 0 Å². The minimum absolute atomic E-state index is 0. The van der Waals surface area contributed by atoms with E-state index in [0.717, 1.165) is 23.8 Å². The third-order valence-electron chi connectivity index (χ3n) is 6.96. The van der Waals surface area contributed by atoms with Crippen LogP contribution in [-0.4, -0.2) is 22.4 Å². The molecule has 1 saturated heterocycles. The van der Waals surface area contributed by atoms with Crippen molar-refractivity contribution in [2.24, 2.45) is 5.92 Å². The summed E-state index contributed by atoms with van der Waals surface area (Å²) in [5.41, 5.74) is 0.186. The van der Waals surface area contributed by atoms with Crippen molar-refractivity contribution in [1.82, 2.24) is 9.88 Å². The number of rotatable bonds is 7. The molecule has 2 heterocycles. The first-order valence-corrected chi connectivity index (χ1v) is 12.1. The number of hydrogen-bond donors (Lipinski definition) is 0. The largest absolute Gasteiger partial charge is 1.00 e. The molecule has 0 aliphatic carbocycles. The second kappa shape index (κ2) is 12.8. The standard InChI is InChI=1S/C28H26F6N2O2.Na/c29-27(30,31)22-9-6-20(7-10-22)23-15-19(16-26(37)38)12-13-36(23)24(14-18-4-2-1-3-5-18)21-8-11-25(35-17-21)28(32,33)34;/h1-11,17,19,23-24H,12-16H2,(H,37,38);/q;+1/p-1/t19-,23+,24-;/m1./s1. The van der Waals surface area contributed by atoms with Crippen LogP contribution in [-0.2, 0) is 23.6 Å². The number of carboxylic acids is 1. The molecule has 202 valence electrons. The number of pyridine rings is 1. The normalized spacial score (nSPS) is 19.2. The fourth-order valence-electron chi connectivity index (χ4n) is 5.11. The molecular weight excluding hydrogens is 533 g/mol. The second-order valence-corrected chi connectivity index (χ2v) is 9.52. The predicted octanol–water partition coefficient (Wildman–Crippen LogP) is 3.00. The number of aromatic nitrogens is 1. The van der Waals surface area contributed by atoms with Gasteiger partial charge >= 0.3 is 41.9 Å². The number of benzene rings is 2. The monoisotopic (exact) mass is 558 g/mol. The van der Waals surface area contributed by atoms with E-state index < -0.39 is 41.7 Å². The van der Waals surface area contributed by atoms with Crippen LogP contribution in [0.5, 0.6) is 0 Å². The molecule has 0 amide bonds. The molecule has 39 heavy (non-hydrogen) atoms. The van der Waals surface area contributed by atoms with E-state index >= 15 is 0 Å². The summed E-state index contributed by atoms with van der Waals surface area (Å²) in [6, 6.07) is 15.4. The summed E-state index contributed by atoms with van der Waals surface area (Å²) >= 11 is 0. The molecule has 0 saturated carbocycles. The van der Waals surface area contributed by atoms with Crippen molar-refractivity contribution in [2.75, 3.05) is 6.54 Å². The summed E-state index contributed by atoms with van der Waals surface area (Å²) < 4.78 is 79.0. The fourth-order valence-corrected chi connectivity index (χ4v) is 5.11. The van der Waals surface area contributed by atoms with E-state index in [1.54, 1.807) is 0 Å². The first kappa shape index (κ1) is 31.1. The molecule has 3 atom stereocenters. The first-order chi connectivity index (χ1) is 17.9. The quantitative estimate of drug-likeness (QED) is 0.331. The van der Waals surface area contributed by atoms with Gasteiger partial charge in [-0.3, -0.25) is 9.88 Å². The maximum absolute atomic E-state index is 13.2. The smallest absolute Gasteiger partial charge is 0.550 e. The summed E-state index contributed by atoms with van der Waals surface area (Å²) in [6.07, 6.45) is -6.85. The van der Waals surface area contributed by atoms with Crippen LogP contribution in [0.4, 0.5) is 26.3 Å². The van der Waals surface area contributed by atoms with Gasteiger partial charge in [-0.25, -0.2) is 0 Å². The van der Waals surface area contributed by atoms with Gasteiger partial charge in [0.1, 0.15) is 5.69 Å². The summed E-state index contributed by atoms with van der Waals surface area (Å²) in [4.78, 5) is 17.0. The van der Waals surface area contributed by atoms with E-state index in [2.05, 4.69) is 4.98 Å². The number of piperidine rings is 1. The molecule has 3 aromatic rings. The van der Waals surface area contributed by atoms with Gasteiger partial charge in [-0.1, -0.05) is 48.5 Å². The Morgan fingerprint density at radius 1 is 0.949 bits per heavy atom. The van der Waals surface area contributed by atoms with Crippen molar-refractivity contribution < 1.29 is 65.8 Å². The van der Waals surface area contributed by atoms with Crippen LogP contribution in [0.1, 0.15) is 59.3 Å². The number of carbonyl (C=O) groups is 1. The molecule has 0 unspecified atom stereocenters. The summed E-state index contributed by atoms with van der Waals surface area (Å²) in [6.45, 7) is 0.391. The van der Waals surface area contributed by atoms with Crippen molar-refractivity contribution in [1.29, 1.82) is 0 Å².